The molecule has 3 heteroatoms. The van der Waals surface area contributed by atoms with Crippen LogP contribution in [0.5, 0.6) is 0 Å². The number of benzene rings is 1. The Morgan fingerprint density at radius 1 is 1.29 bits per heavy atom. The molecule has 0 heterocycles. The van der Waals surface area contributed by atoms with Gasteiger partial charge in [0, 0.05) is 25.3 Å². The molecule has 0 fully saturated rings. The molecule has 1 rings (SSSR count). The molecule has 1 aromatic carbocycles. The molecule has 0 aromatic heterocycles. The standard InChI is InChI=1S/C14H22FNO/c1-14(2,8-5-9-17)11-16-10-12-6-3-4-7-13(12)15/h3-4,6-7,16-17H,5,8-11H2,1-2H3. The smallest absolute Gasteiger partial charge is 0.127 e. The quantitative estimate of drug-likeness (QED) is 0.767. The Hall–Kier alpha value is -0.930. The summed E-state index contributed by atoms with van der Waals surface area (Å²) in [6.07, 6.45) is 1.78. The zero-order chi connectivity index (χ0) is 12.7. The molecule has 2 nitrogen and oxygen atoms in total. The Balaban J connectivity index is 2.35. The zero-order valence-electron chi connectivity index (χ0n) is 10.7. The SMILES string of the molecule is CC(C)(CCCO)CNCc1ccccc1F. The Morgan fingerprint density at radius 3 is 2.65 bits per heavy atom. The first-order chi connectivity index (χ1) is 8.05. The van der Waals surface area contributed by atoms with Crippen molar-refractivity contribution >= 4 is 0 Å². The molecule has 17 heavy (non-hydrogen) atoms. The van der Waals surface area contributed by atoms with Crippen molar-refractivity contribution in [1.29, 1.82) is 0 Å². The van der Waals surface area contributed by atoms with Crippen LogP contribution in [0, 0.1) is 11.2 Å². The van der Waals surface area contributed by atoms with Crippen molar-refractivity contribution < 1.29 is 9.50 Å². The number of hydrogen-bond donors (Lipinski definition) is 2. The number of hydrogen-bond acceptors (Lipinski definition) is 2. The summed E-state index contributed by atoms with van der Waals surface area (Å²) in [5.74, 6) is -0.159. The molecule has 0 spiro atoms. The molecule has 96 valence electrons. The highest BCUT2D eigenvalue weighted by molar-refractivity contribution is 5.16. The number of nitrogens with one attached hydrogen (secondary N) is 1. The minimum atomic E-state index is -0.159. The van der Waals surface area contributed by atoms with Crippen molar-refractivity contribution in [2.45, 2.75) is 33.2 Å². The van der Waals surface area contributed by atoms with Gasteiger partial charge in [0.05, 0.1) is 0 Å². The number of aliphatic hydroxyl groups is 1. The average Bonchev–Trinajstić information content (AvgIpc) is 2.29. The van der Waals surface area contributed by atoms with Crippen molar-refractivity contribution in [1.82, 2.24) is 5.32 Å². The normalized spacial score (nSPS) is 11.8. The first kappa shape index (κ1) is 14.1. The van der Waals surface area contributed by atoms with Gasteiger partial charge in [0.25, 0.3) is 0 Å². The molecule has 0 aliphatic heterocycles. The van der Waals surface area contributed by atoms with E-state index in [1.165, 1.54) is 6.07 Å². The Labute approximate surface area is 103 Å². The van der Waals surface area contributed by atoms with E-state index in [4.69, 9.17) is 5.11 Å². The maximum Gasteiger partial charge on any atom is 0.127 e. The fourth-order valence-corrected chi connectivity index (χ4v) is 1.82. The van der Waals surface area contributed by atoms with Crippen LogP contribution in [0.25, 0.3) is 0 Å². The Kier molecular flexibility index (Phi) is 5.59. The van der Waals surface area contributed by atoms with Gasteiger partial charge in [-0.25, -0.2) is 4.39 Å². The second-order valence-corrected chi connectivity index (χ2v) is 5.19. The van der Waals surface area contributed by atoms with Crippen LogP contribution in [0.4, 0.5) is 4.39 Å². The van der Waals surface area contributed by atoms with Gasteiger partial charge in [-0.2, -0.15) is 0 Å². The van der Waals surface area contributed by atoms with Crippen molar-refractivity contribution in [2.75, 3.05) is 13.2 Å². The van der Waals surface area contributed by atoms with Crippen molar-refractivity contribution in [3.63, 3.8) is 0 Å². The molecule has 0 saturated heterocycles. The molecule has 0 radical (unpaired) electrons. The van der Waals surface area contributed by atoms with E-state index in [0.717, 1.165) is 19.4 Å². The molecule has 1 aromatic rings. The van der Waals surface area contributed by atoms with Crippen LogP contribution in [-0.4, -0.2) is 18.3 Å². The Morgan fingerprint density at radius 2 is 2.00 bits per heavy atom. The van der Waals surface area contributed by atoms with E-state index in [9.17, 15) is 4.39 Å². The Bertz CT molecular complexity index is 339. The maximum atomic E-state index is 13.3. The fraction of sp³-hybridized carbons (Fsp3) is 0.571. The molecular weight excluding hydrogens is 217 g/mol. The van der Waals surface area contributed by atoms with E-state index in [2.05, 4.69) is 19.2 Å². The lowest BCUT2D eigenvalue weighted by molar-refractivity contribution is 0.236. The zero-order valence-corrected chi connectivity index (χ0v) is 10.7. The van der Waals surface area contributed by atoms with Crippen LogP contribution in [0.1, 0.15) is 32.3 Å². The van der Waals surface area contributed by atoms with Gasteiger partial charge in [0.2, 0.25) is 0 Å². The molecule has 0 amide bonds. The highest BCUT2D eigenvalue weighted by atomic mass is 19.1. The summed E-state index contributed by atoms with van der Waals surface area (Å²) in [5.41, 5.74) is 0.832. The van der Waals surface area contributed by atoms with Crippen molar-refractivity contribution in [3.8, 4) is 0 Å². The minimum Gasteiger partial charge on any atom is -0.396 e. The van der Waals surface area contributed by atoms with E-state index in [1.54, 1.807) is 12.1 Å². The summed E-state index contributed by atoms with van der Waals surface area (Å²) in [4.78, 5) is 0. The van der Waals surface area contributed by atoms with Crippen LogP contribution in [-0.2, 0) is 6.54 Å². The van der Waals surface area contributed by atoms with Crippen LogP contribution in [0.3, 0.4) is 0 Å². The van der Waals surface area contributed by atoms with Gasteiger partial charge in [0.15, 0.2) is 0 Å². The summed E-state index contributed by atoms with van der Waals surface area (Å²) in [7, 11) is 0. The third-order valence-electron chi connectivity index (χ3n) is 2.89. The highest BCUT2D eigenvalue weighted by Crippen LogP contribution is 2.21. The van der Waals surface area contributed by atoms with E-state index < -0.39 is 0 Å². The first-order valence-electron chi connectivity index (χ1n) is 6.10. The third-order valence-corrected chi connectivity index (χ3v) is 2.89. The summed E-state index contributed by atoms with van der Waals surface area (Å²) in [6.45, 7) is 5.90. The molecule has 0 saturated carbocycles. The lowest BCUT2D eigenvalue weighted by Crippen LogP contribution is -2.29. The van der Waals surface area contributed by atoms with Gasteiger partial charge in [-0.3, -0.25) is 0 Å². The fourth-order valence-electron chi connectivity index (χ4n) is 1.82. The molecule has 0 atom stereocenters. The van der Waals surface area contributed by atoms with Crippen molar-refractivity contribution in [3.05, 3.63) is 35.6 Å². The van der Waals surface area contributed by atoms with Crippen molar-refractivity contribution in [2.24, 2.45) is 5.41 Å². The highest BCUT2D eigenvalue weighted by Gasteiger charge is 2.16. The topological polar surface area (TPSA) is 32.3 Å². The van der Waals surface area contributed by atoms with E-state index in [1.807, 2.05) is 6.07 Å². The molecule has 0 bridgehead atoms. The number of halogens is 1. The lowest BCUT2D eigenvalue weighted by atomic mass is 9.88. The van der Waals surface area contributed by atoms with Gasteiger partial charge in [-0.1, -0.05) is 32.0 Å². The predicted octanol–water partition coefficient (Wildman–Crippen LogP) is 2.71. The summed E-state index contributed by atoms with van der Waals surface area (Å²) in [5, 5.41) is 12.1. The minimum absolute atomic E-state index is 0.133. The van der Waals surface area contributed by atoms with Crippen LogP contribution in [0.15, 0.2) is 24.3 Å². The van der Waals surface area contributed by atoms with Gasteiger partial charge in [0.1, 0.15) is 5.82 Å². The molecule has 0 aliphatic carbocycles. The second-order valence-electron chi connectivity index (χ2n) is 5.19. The van der Waals surface area contributed by atoms with E-state index >= 15 is 0 Å². The third kappa shape index (κ3) is 5.29. The second kappa shape index (κ2) is 6.72. The maximum absolute atomic E-state index is 13.3. The lowest BCUT2D eigenvalue weighted by Gasteiger charge is -2.24. The first-order valence-corrected chi connectivity index (χ1v) is 6.10. The molecule has 0 aliphatic rings. The monoisotopic (exact) mass is 239 g/mol. The van der Waals surface area contributed by atoms with Gasteiger partial charge < -0.3 is 10.4 Å². The van der Waals surface area contributed by atoms with E-state index in [0.29, 0.717) is 12.1 Å². The van der Waals surface area contributed by atoms with Gasteiger partial charge in [-0.05, 0) is 24.3 Å². The summed E-state index contributed by atoms with van der Waals surface area (Å²) in [6, 6.07) is 6.82. The predicted molar refractivity (Wildman–Crippen MR) is 68.2 cm³/mol. The van der Waals surface area contributed by atoms with Gasteiger partial charge >= 0.3 is 0 Å². The average molecular weight is 239 g/mol. The largest absolute Gasteiger partial charge is 0.396 e. The van der Waals surface area contributed by atoms with Gasteiger partial charge in [-0.15, -0.1) is 0 Å². The summed E-state index contributed by atoms with van der Waals surface area (Å²) < 4.78 is 13.3. The number of rotatable bonds is 7. The van der Waals surface area contributed by atoms with E-state index in [-0.39, 0.29) is 17.8 Å². The molecule has 2 N–H and O–H groups in total. The molecule has 0 unspecified atom stereocenters. The number of aliphatic hydroxyl groups excluding tert-OH is 1. The van der Waals surface area contributed by atoms with Crippen LogP contribution < -0.4 is 5.32 Å². The van der Waals surface area contributed by atoms with Crippen LogP contribution in [0.2, 0.25) is 0 Å². The molecular formula is C14H22FNO. The summed E-state index contributed by atoms with van der Waals surface area (Å²) >= 11 is 0. The van der Waals surface area contributed by atoms with Crippen LogP contribution >= 0.6 is 0 Å².